The molecule has 1 aromatic heterocycles. The second kappa shape index (κ2) is 9.59. The fraction of sp³-hybridized carbons (Fsp3) is 0.500. The van der Waals surface area contributed by atoms with Crippen LogP contribution in [0, 0.1) is 31.5 Å². The minimum absolute atomic E-state index is 0.129. The molecule has 0 radical (unpaired) electrons. The van der Waals surface area contributed by atoms with Crippen LogP contribution in [0.15, 0.2) is 30.5 Å². The van der Waals surface area contributed by atoms with Crippen LogP contribution in [0.1, 0.15) is 53.9 Å². The number of carbonyl (C=O) groups is 2. The number of hydrogen-bond acceptors (Lipinski definition) is 4. The van der Waals surface area contributed by atoms with E-state index in [4.69, 9.17) is 0 Å². The van der Waals surface area contributed by atoms with Crippen molar-refractivity contribution in [2.75, 3.05) is 25.0 Å². The van der Waals surface area contributed by atoms with Crippen LogP contribution in [-0.4, -0.2) is 52.3 Å². The Bertz CT molecular complexity index is 1030. The van der Waals surface area contributed by atoms with Gasteiger partial charge in [-0.3, -0.25) is 19.5 Å². The number of anilines is 1. The van der Waals surface area contributed by atoms with Crippen LogP contribution in [-0.2, 0) is 11.3 Å². The summed E-state index contributed by atoms with van der Waals surface area (Å²) in [5.41, 5.74) is 3.42. The van der Waals surface area contributed by atoms with Crippen molar-refractivity contribution < 1.29 is 14.0 Å². The molecule has 1 atom stereocenters. The number of piperazine rings is 1. The van der Waals surface area contributed by atoms with E-state index in [1.54, 1.807) is 12.1 Å². The third-order valence-electron chi connectivity index (χ3n) is 7.01. The number of nitrogens with zero attached hydrogens (tertiary/aromatic N) is 3. The smallest absolute Gasteiger partial charge is 0.257 e. The van der Waals surface area contributed by atoms with E-state index in [1.165, 1.54) is 18.3 Å². The predicted molar refractivity (Wildman–Crippen MR) is 126 cm³/mol. The molecule has 176 valence electrons. The van der Waals surface area contributed by atoms with Crippen molar-refractivity contribution in [3.63, 3.8) is 0 Å². The highest BCUT2D eigenvalue weighted by Gasteiger charge is 2.37. The SMILES string of the molecule is Cc1ccc(C(=O)Nc2cc(F)cc(CN3CCN(C(=O)C4CC(C)C4)C(C)C3)c2C)cn1. The fourth-order valence-corrected chi connectivity index (χ4v) is 4.91. The van der Waals surface area contributed by atoms with E-state index in [1.807, 2.05) is 18.7 Å². The molecule has 7 heteroatoms. The molecule has 4 rings (SSSR count). The Hall–Kier alpha value is -2.80. The summed E-state index contributed by atoms with van der Waals surface area (Å²) in [7, 11) is 0. The number of nitrogens with one attached hydrogen (secondary N) is 1. The van der Waals surface area contributed by atoms with Gasteiger partial charge in [-0.1, -0.05) is 6.92 Å². The Kier molecular flexibility index (Phi) is 6.79. The molecule has 1 aromatic carbocycles. The normalized spacial score (nSPS) is 23.2. The molecule has 2 heterocycles. The zero-order valence-electron chi connectivity index (χ0n) is 19.9. The maximum absolute atomic E-state index is 14.4. The summed E-state index contributed by atoms with van der Waals surface area (Å²) < 4.78 is 14.4. The van der Waals surface area contributed by atoms with Crippen molar-refractivity contribution in [2.45, 2.75) is 53.1 Å². The highest BCUT2D eigenvalue weighted by atomic mass is 19.1. The average Bonchev–Trinajstić information content (AvgIpc) is 2.75. The molecule has 33 heavy (non-hydrogen) atoms. The molecule has 0 spiro atoms. The first-order chi connectivity index (χ1) is 15.7. The zero-order valence-corrected chi connectivity index (χ0v) is 19.9. The minimum atomic E-state index is -0.381. The van der Waals surface area contributed by atoms with E-state index < -0.39 is 0 Å². The maximum atomic E-state index is 14.4. The first-order valence-corrected chi connectivity index (χ1v) is 11.8. The number of pyridine rings is 1. The van der Waals surface area contributed by atoms with Crippen LogP contribution in [0.2, 0.25) is 0 Å². The lowest BCUT2D eigenvalue weighted by Gasteiger charge is -2.44. The van der Waals surface area contributed by atoms with Crippen molar-refractivity contribution in [1.29, 1.82) is 0 Å². The van der Waals surface area contributed by atoms with Crippen LogP contribution in [0.5, 0.6) is 0 Å². The van der Waals surface area contributed by atoms with E-state index >= 15 is 0 Å². The van der Waals surface area contributed by atoms with Crippen molar-refractivity contribution in [1.82, 2.24) is 14.8 Å². The predicted octanol–water partition coefficient (Wildman–Crippen LogP) is 4.17. The third kappa shape index (κ3) is 5.24. The molecule has 2 fully saturated rings. The number of rotatable bonds is 5. The Labute approximate surface area is 195 Å². The second-order valence-electron chi connectivity index (χ2n) is 9.77. The molecule has 1 N–H and O–H groups in total. The van der Waals surface area contributed by atoms with Crippen LogP contribution in [0.4, 0.5) is 10.1 Å². The molecule has 2 amide bonds. The lowest BCUT2D eigenvalue weighted by Crippen LogP contribution is -2.56. The van der Waals surface area contributed by atoms with Gasteiger partial charge in [-0.2, -0.15) is 0 Å². The molecule has 1 saturated heterocycles. The Morgan fingerprint density at radius 3 is 2.55 bits per heavy atom. The van der Waals surface area contributed by atoms with Gasteiger partial charge in [0.05, 0.1) is 5.56 Å². The number of halogens is 1. The number of carbonyl (C=O) groups excluding carboxylic acids is 2. The molecule has 2 aromatic rings. The number of amides is 2. The Morgan fingerprint density at radius 1 is 1.15 bits per heavy atom. The highest BCUT2D eigenvalue weighted by molar-refractivity contribution is 6.04. The van der Waals surface area contributed by atoms with E-state index in [0.29, 0.717) is 30.3 Å². The molecule has 1 unspecified atom stereocenters. The summed E-state index contributed by atoms with van der Waals surface area (Å²) in [6.07, 6.45) is 3.52. The van der Waals surface area contributed by atoms with E-state index in [-0.39, 0.29) is 29.6 Å². The van der Waals surface area contributed by atoms with Gasteiger partial charge in [0.1, 0.15) is 5.82 Å². The fourth-order valence-electron chi connectivity index (χ4n) is 4.91. The average molecular weight is 453 g/mol. The van der Waals surface area contributed by atoms with Crippen molar-refractivity contribution in [3.05, 3.63) is 58.7 Å². The van der Waals surface area contributed by atoms with Gasteiger partial charge < -0.3 is 10.2 Å². The van der Waals surface area contributed by atoms with Crippen LogP contribution in [0.25, 0.3) is 0 Å². The summed E-state index contributed by atoms with van der Waals surface area (Å²) in [5, 5.41) is 2.83. The number of benzene rings is 1. The first kappa shape index (κ1) is 23.4. The minimum Gasteiger partial charge on any atom is -0.337 e. The van der Waals surface area contributed by atoms with Gasteiger partial charge in [0.25, 0.3) is 5.91 Å². The van der Waals surface area contributed by atoms with E-state index in [9.17, 15) is 14.0 Å². The molecule has 1 aliphatic heterocycles. The Balaban J connectivity index is 1.41. The first-order valence-electron chi connectivity index (χ1n) is 11.8. The number of hydrogen-bond donors (Lipinski definition) is 1. The maximum Gasteiger partial charge on any atom is 0.257 e. The molecule has 2 aliphatic rings. The molecular weight excluding hydrogens is 419 g/mol. The van der Waals surface area contributed by atoms with Gasteiger partial charge in [-0.15, -0.1) is 0 Å². The monoisotopic (exact) mass is 452 g/mol. The summed E-state index contributed by atoms with van der Waals surface area (Å²) >= 11 is 0. The quantitative estimate of drug-likeness (QED) is 0.740. The van der Waals surface area contributed by atoms with Gasteiger partial charge >= 0.3 is 0 Å². The molecule has 6 nitrogen and oxygen atoms in total. The number of aryl methyl sites for hydroxylation is 1. The van der Waals surface area contributed by atoms with Crippen molar-refractivity contribution >= 4 is 17.5 Å². The molecular formula is C26H33FN4O2. The molecule has 1 aliphatic carbocycles. The van der Waals surface area contributed by atoms with Gasteiger partial charge in [0.15, 0.2) is 0 Å². The summed E-state index contributed by atoms with van der Waals surface area (Å²) in [5.74, 6) is 0.442. The second-order valence-corrected chi connectivity index (χ2v) is 9.77. The van der Waals surface area contributed by atoms with Crippen molar-refractivity contribution in [2.24, 2.45) is 11.8 Å². The summed E-state index contributed by atoms with van der Waals surface area (Å²) in [6, 6.07) is 6.51. The lowest BCUT2D eigenvalue weighted by molar-refractivity contribution is -0.144. The van der Waals surface area contributed by atoms with Gasteiger partial charge in [-0.05, 0) is 74.9 Å². The zero-order chi connectivity index (χ0) is 23.7. The topological polar surface area (TPSA) is 65.5 Å². The van der Waals surface area contributed by atoms with Gasteiger partial charge in [-0.25, -0.2) is 4.39 Å². The lowest BCUT2D eigenvalue weighted by atomic mass is 9.75. The largest absolute Gasteiger partial charge is 0.337 e. The van der Waals surface area contributed by atoms with Gasteiger partial charge in [0.2, 0.25) is 5.91 Å². The third-order valence-corrected chi connectivity index (χ3v) is 7.01. The van der Waals surface area contributed by atoms with Crippen molar-refractivity contribution in [3.8, 4) is 0 Å². The van der Waals surface area contributed by atoms with Crippen LogP contribution >= 0.6 is 0 Å². The highest BCUT2D eigenvalue weighted by Crippen LogP contribution is 2.35. The van der Waals surface area contributed by atoms with E-state index in [0.717, 1.165) is 42.8 Å². The molecule has 0 bridgehead atoms. The number of aromatic nitrogens is 1. The van der Waals surface area contributed by atoms with Crippen LogP contribution < -0.4 is 5.32 Å². The molecule has 1 saturated carbocycles. The van der Waals surface area contributed by atoms with Crippen LogP contribution in [0.3, 0.4) is 0 Å². The summed E-state index contributed by atoms with van der Waals surface area (Å²) in [6.45, 7) is 10.8. The Morgan fingerprint density at radius 2 is 1.91 bits per heavy atom. The standard InChI is InChI=1S/C26H33FN4O2/c1-16-9-21(10-16)26(33)31-8-7-30(14-18(31)3)15-22-11-23(27)12-24(19(22)4)29-25(32)20-6-5-17(2)28-13-20/h5-6,11-13,16,18,21H,7-10,14-15H2,1-4H3,(H,29,32). The summed E-state index contributed by atoms with van der Waals surface area (Å²) in [4.78, 5) is 33.8. The van der Waals surface area contributed by atoms with E-state index in [2.05, 4.69) is 29.0 Å². The van der Waals surface area contributed by atoms with Gasteiger partial charge in [0, 0.05) is 55.7 Å².